The smallest absolute Gasteiger partial charge is 0.0206 e. The number of rotatable bonds is 5. The zero-order valence-corrected chi connectivity index (χ0v) is 12.6. The van der Waals surface area contributed by atoms with Crippen LogP contribution in [0, 0.1) is 3.57 Å². The fraction of sp³-hybridized carbons (Fsp3) is 0.571. The highest BCUT2D eigenvalue weighted by Gasteiger charge is 2.17. The Balaban J connectivity index is 1.70. The van der Waals surface area contributed by atoms with Crippen LogP contribution in [0.15, 0.2) is 24.3 Å². The van der Waals surface area contributed by atoms with Crippen LogP contribution < -0.4 is 5.32 Å². The van der Waals surface area contributed by atoms with Gasteiger partial charge in [-0.3, -0.25) is 4.90 Å². The molecule has 2 nitrogen and oxygen atoms in total. The molecule has 2 rings (SSSR count). The van der Waals surface area contributed by atoms with Crippen molar-refractivity contribution < 1.29 is 0 Å². The molecular formula is C14H21IN2. The summed E-state index contributed by atoms with van der Waals surface area (Å²) in [5.41, 5.74) is 1.37. The summed E-state index contributed by atoms with van der Waals surface area (Å²) in [6, 6.07) is 9.41. The zero-order chi connectivity index (χ0) is 12.1. The molecule has 1 aliphatic heterocycles. The van der Waals surface area contributed by atoms with Gasteiger partial charge in [-0.1, -0.05) is 12.1 Å². The predicted octanol–water partition coefficient (Wildman–Crippen LogP) is 2.87. The molecule has 1 fully saturated rings. The lowest BCUT2D eigenvalue weighted by Gasteiger charge is -2.23. The molecule has 1 atom stereocenters. The minimum atomic E-state index is 0.668. The highest BCUT2D eigenvalue weighted by molar-refractivity contribution is 14.1. The summed E-state index contributed by atoms with van der Waals surface area (Å²) in [5.74, 6) is 0. The first-order valence-electron chi connectivity index (χ1n) is 6.45. The third kappa shape index (κ3) is 4.23. The molecule has 1 aromatic rings. The number of nitrogens with one attached hydrogen (secondary N) is 1. The van der Waals surface area contributed by atoms with Crippen molar-refractivity contribution in [3.63, 3.8) is 0 Å². The van der Waals surface area contributed by atoms with E-state index in [0.29, 0.717) is 6.04 Å². The van der Waals surface area contributed by atoms with E-state index in [9.17, 15) is 0 Å². The van der Waals surface area contributed by atoms with Gasteiger partial charge < -0.3 is 5.32 Å². The van der Waals surface area contributed by atoms with Crippen molar-refractivity contribution in [2.75, 3.05) is 19.6 Å². The summed E-state index contributed by atoms with van der Waals surface area (Å²) < 4.78 is 1.30. The molecule has 1 saturated heterocycles. The van der Waals surface area contributed by atoms with Crippen molar-refractivity contribution in [1.82, 2.24) is 10.2 Å². The van der Waals surface area contributed by atoms with Crippen LogP contribution in [0.4, 0.5) is 0 Å². The minimum absolute atomic E-state index is 0.668. The van der Waals surface area contributed by atoms with Gasteiger partial charge in [-0.2, -0.15) is 0 Å². The molecule has 1 heterocycles. The van der Waals surface area contributed by atoms with Gasteiger partial charge in [0.1, 0.15) is 0 Å². The molecule has 1 aliphatic rings. The Morgan fingerprint density at radius 3 is 2.53 bits per heavy atom. The number of nitrogens with zero attached hydrogens (tertiary/aromatic N) is 1. The molecule has 3 heteroatoms. The van der Waals surface area contributed by atoms with Gasteiger partial charge in [0.05, 0.1) is 0 Å². The van der Waals surface area contributed by atoms with Gasteiger partial charge in [0, 0.05) is 22.7 Å². The molecule has 0 bridgehead atoms. The maximum Gasteiger partial charge on any atom is 0.0206 e. The van der Waals surface area contributed by atoms with E-state index < -0.39 is 0 Å². The van der Waals surface area contributed by atoms with Gasteiger partial charge in [-0.25, -0.2) is 0 Å². The summed E-state index contributed by atoms with van der Waals surface area (Å²) >= 11 is 2.34. The third-order valence-electron chi connectivity index (χ3n) is 3.45. The lowest BCUT2D eigenvalue weighted by atomic mass is 10.2. The predicted molar refractivity (Wildman–Crippen MR) is 81.1 cm³/mol. The van der Waals surface area contributed by atoms with Crippen molar-refractivity contribution in [2.45, 2.75) is 32.4 Å². The lowest BCUT2D eigenvalue weighted by Crippen LogP contribution is -2.38. The van der Waals surface area contributed by atoms with Gasteiger partial charge in [0.2, 0.25) is 0 Å². The molecule has 0 aliphatic carbocycles. The first-order chi connectivity index (χ1) is 8.25. The van der Waals surface area contributed by atoms with Crippen molar-refractivity contribution in [3.8, 4) is 0 Å². The Morgan fingerprint density at radius 1 is 1.24 bits per heavy atom. The van der Waals surface area contributed by atoms with E-state index >= 15 is 0 Å². The fourth-order valence-corrected chi connectivity index (χ4v) is 2.70. The Morgan fingerprint density at radius 2 is 1.88 bits per heavy atom. The molecule has 17 heavy (non-hydrogen) atoms. The molecule has 1 unspecified atom stereocenters. The zero-order valence-electron chi connectivity index (χ0n) is 10.5. The van der Waals surface area contributed by atoms with Crippen LogP contribution in [-0.4, -0.2) is 30.6 Å². The second kappa shape index (κ2) is 6.71. The SMILES string of the molecule is CC(CNCc1ccc(I)cc1)N1CCCC1. The van der Waals surface area contributed by atoms with Gasteiger partial charge in [0.15, 0.2) is 0 Å². The van der Waals surface area contributed by atoms with E-state index in [1.165, 1.54) is 35.1 Å². The number of benzene rings is 1. The van der Waals surface area contributed by atoms with E-state index in [1.54, 1.807) is 0 Å². The summed E-state index contributed by atoms with van der Waals surface area (Å²) in [6.07, 6.45) is 2.75. The van der Waals surface area contributed by atoms with Crippen LogP contribution in [0.5, 0.6) is 0 Å². The molecule has 0 amide bonds. The number of likely N-dealkylation sites (tertiary alicyclic amines) is 1. The quantitative estimate of drug-likeness (QED) is 0.827. The van der Waals surface area contributed by atoms with Gasteiger partial charge >= 0.3 is 0 Å². The summed E-state index contributed by atoms with van der Waals surface area (Å²) in [7, 11) is 0. The second-order valence-electron chi connectivity index (χ2n) is 4.85. The van der Waals surface area contributed by atoms with Crippen LogP contribution in [0.3, 0.4) is 0 Å². The summed E-state index contributed by atoms with van der Waals surface area (Å²) in [4.78, 5) is 2.58. The van der Waals surface area contributed by atoms with Crippen molar-refractivity contribution in [1.29, 1.82) is 0 Å². The lowest BCUT2D eigenvalue weighted by molar-refractivity contribution is 0.251. The van der Waals surface area contributed by atoms with E-state index in [0.717, 1.165) is 13.1 Å². The van der Waals surface area contributed by atoms with Gasteiger partial charge in [-0.15, -0.1) is 0 Å². The highest BCUT2D eigenvalue weighted by atomic mass is 127. The molecule has 0 aromatic heterocycles. The largest absolute Gasteiger partial charge is 0.311 e. The Hall–Kier alpha value is -0.130. The molecule has 1 N–H and O–H groups in total. The summed E-state index contributed by atoms with van der Waals surface area (Å²) in [6.45, 7) is 6.96. The minimum Gasteiger partial charge on any atom is -0.311 e. The van der Waals surface area contributed by atoms with Gasteiger partial charge in [0.25, 0.3) is 0 Å². The average molecular weight is 344 g/mol. The fourth-order valence-electron chi connectivity index (χ4n) is 2.34. The van der Waals surface area contributed by atoms with Crippen LogP contribution in [0.2, 0.25) is 0 Å². The number of halogens is 1. The van der Waals surface area contributed by atoms with E-state index in [2.05, 4.69) is 64.0 Å². The monoisotopic (exact) mass is 344 g/mol. The Bertz CT molecular complexity index is 331. The second-order valence-corrected chi connectivity index (χ2v) is 6.10. The molecular weight excluding hydrogens is 323 g/mol. The standard InChI is InChI=1S/C14H21IN2/c1-12(17-8-2-3-9-17)10-16-11-13-4-6-14(15)7-5-13/h4-7,12,16H,2-3,8-11H2,1H3. The first-order valence-corrected chi connectivity index (χ1v) is 7.53. The molecule has 0 spiro atoms. The van der Waals surface area contributed by atoms with Crippen molar-refractivity contribution in [3.05, 3.63) is 33.4 Å². The third-order valence-corrected chi connectivity index (χ3v) is 4.17. The van der Waals surface area contributed by atoms with Crippen LogP contribution in [0.1, 0.15) is 25.3 Å². The Kier molecular flexibility index (Phi) is 5.25. The topological polar surface area (TPSA) is 15.3 Å². The molecule has 94 valence electrons. The molecule has 0 radical (unpaired) electrons. The van der Waals surface area contributed by atoms with E-state index in [1.807, 2.05) is 0 Å². The highest BCUT2D eigenvalue weighted by Crippen LogP contribution is 2.11. The molecule has 0 saturated carbocycles. The maximum atomic E-state index is 3.55. The maximum absolute atomic E-state index is 3.55. The van der Waals surface area contributed by atoms with Crippen LogP contribution in [0.25, 0.3) is 0 Å². The first kappa shape index (κ1) is 13.3. The van der Waals surface area contributed by atoms with Crippen molar-refractivity contribution in [2.24, 2.45) is 0 Å². The molecule has 1 aromatic carbocycles. The normalized spacial score (nSPS) is 18.5. The number of hydrogen-bond donors (Lipinski definition) is 1. The average Bonchev–Trinajstić information content (AvgIpc) is 2.85. The summed E-state index contributed by atoms with van der Waals surface area (Å²) in [5, 5.41) is 3.55. The Labute approximate surface area is 118 Å². The van der Waals surface area contributed by atoms with E-state index in [4.69, 9.17) is 0 Å². The van der Waals surface area contributed by atoms with Gasteiger partial charge in [-0.05, 0) is 73.1 Å². The van der Waals surface area contributed by atoms with Crippen LogP contribution >= 0.6 is 22.6 Å². The van der Waals surface area contributed by atoms with Crippen molar-refractivity contribution >= 4 is 22.6 Å². The number of hydrogen-bond acceptors (Lipinski definition) is 2. The van der Waals surface area contributed by atoms with E-state index in [-0.39, 0.29) is 0 Å². The van der Waals surface area contributed by atoms with Crippen LogP contribution in [-0.2, 0) is 6.54 Å².